The molecule has 0 atom stereocenters. The molecule has 0 spiro atoms. The maximum Gasteiger partial charge on any atom is 0.276 e. The molecule has 0 aromatic carbocycles. The van der Waals surface area contributed by atoms with Gasteiger partial charge in [-0.15, -0.1) is 0 Å². The van der Waals surface area contributed by atoms with Crippen LogP contribution in [0.4, 0.5) is 0 Å². The van der Waals surface area contributed by atoms with Crippen LogP contribution in [0.15, 0.2) is 10.6 Å². The van der Waals surface area contributed by atoms with Gasteiger partial charge in [0.1, 0.15) is 5.76 Å². The predicted octanol–water partition coefficient (Wildman–Crippen LogP) is 1.40. The van der Waals surface area contributed by atoms with Crippen LogP contribution in [0.1, 0.15) is 67.1 Å². The number of rotatable bonds is 6. The fraction of sp³-hybridized carbons (Fsp3) is 0.706. The van der Waals surface area contributed by atoms with Crippen LogP contribution in [-0.4, -0.2) is 47.5 Å². The maximum absolute atomic E-state index is 12.6. The molecule has 7 heteroatoms. The van der Waals surface area contributed by atoms with E-state index in [-0.39, 0.29) is 23.9 Å². The van der Waals surface area contributed by atoms with Crippen molar-refractivity contribution in [2.75, 3.05) is 13.6 Å². The number of nitrogens with one attached hydrogen (secondary N) is 1. The third-order valence-electron chi connectivity index (χ3n) is 5.03. The quantitative estimate of drug-likeness (QED) is 0.819. The number of amides is 2. The number of aromatic nitrogens is 1. The van der Waals surface area contributed by atoms with Gasteiger partial charge in [-0.1, -0.05) is 5.16 Å². The largest absolute Gasteiger partial charge is 0.360 e. The lowest BCUT2D eigenvalue weighted by Crippen LogP contribution is -2.44. The Kier molecular flexibility index (Phi) is 5.18. The predicted molar refractivity (Wildman–Crippen MR) is 88.4 cm³/mol. The summed E-state index contributed by atoms with van der Waals surface area (Å²) >= 11 is 0. The van der Waals surface area contributed by atoms with E-state index in [1.807, 2.05) is 7.05 Å². The number of carbonyl (C=O) groups excluding carboxylic acids is 2. The van der Waals surface area contributed by atoms with E-state index in [0.29, 0.717) is 24.6 Å². The van der Waals surface area contributed by atoms with E-state index >= 15 is 0 Å². The smallest absolute Gasteiger partial charge is 0.276 e. The second kappa shape index (κ2) is 7.34. The molecule has 0 unspecified atom stereocenters. The number of nitrogens with two attached hydrogens (primary N) is 1. The molecule has 0 aliphatic heterocycles. The molecule has 1 aromatic heterocycles. The minimum Gasteiger partial charge on any atom is -0.360 e. The zero-order chi connectivity index (χ0) is 17.1. The fourth-order valence-corrected chi connectivity index (χ4v) is 3.34. The summed E-state index contributed by atoms with van der Waals surface area (Å²) in [5.41, 5.74) is 5.79. The number of nitrogens with zero attached hydrogens (tertiary/aromatic N) is 2. The molecule has 1 aromatic rings. The van der Waals surface area contributed by atoms with Gasteiger partial charge in [0.15, 0.2) is 5.69 Å². The van der Waals surface area contributed by atoms with Gasteiger partial charge in [-0.3, -0.25) is 9.59 Å². The third kappa shape index (κ3) is 3.95. The van der Waals surface area contributed by atoms with Gasteiger partial charge in [0.25, 0.3) is 5.91 Å². The molecule has 2 aliphatic carbocycles. The van der Waals surface area contributed by atoms with E-state index in [1.165, 1.54) is 0 Å². The van der Waals surface area contributed by atoms with Crippen LogP contribution < -0.4 is 11.1 Å². The molecule has 2 aliphatic rings. The molecule has 0 bridgehead atoms. The summed E-state index contributed by atoms with van der Waals surface area (Å²) in [4.78, 5) is 25.9. The van der Waals surface area contributed by atoms with Crippen molar-refractivity contribution >= 4 is 11.8 Å². The summed E-state index contributed by atoms with van der Waals surface area (Å²) in [6.45, 7) is 0.374. The van der Waals surface area contributed by atoms with Gasteiger partial charge in [0.05, 0.1) is 0 Å². The van der Waals surface area contributed by atoms with Crippen molar-refractivity contribution < 1.29 is 14.1 Å². The van der Waals surface area contributed by atoms with Crippen molar-refractivity contribution in [1.82, 2.24) is 15.4 Å². The Balaban J connectivity index is 1.49. The zero-order valence-electron chi connectivity index (χ0n) is 14.2. The standard InChI is InChI=1S/C17H26N4O3/c1-21(17(23)14-10-15(24-20-14)11-2-3-11)13-6-4-12(5-7-13)19-16(22)8-9-18/h10-13H,2-9,18H2,1H3,(H,19,22)/t12-,13-. The maximum atomic E-state index is 12.6. The van der Waals surface area contributed by atoms with Crippen molar-refractivity contribution in [3.05, 3.63) is 17.5 Å². The van der Waals surface area contributed by atoms with Gasteiger partial charge >= 0.3 is 0 Å². The first-order chi connectivity index (χ1) is 11.6. The Morgan fingerprint density at radius 3 is 2.62 bits per heavy atom. The van der Waals surface area contributed by atoms with Crippen molar-refractivity contribution in [1.29, 1.82) is 0 Å². The van der Waals surface area contributed by atoms with Gasteiger partial charge in [0.2, 0.25) is 5.91 Å². The average Bonchev–Trinajstić information content (AvgIpc) is 3.31. The highest BCUT2D eigenvalue weighted by atomic mass is 16.5. The average molecular weight is 334 g/mol. The lowest BCUT2D eigenvalue weighted by atomic mass is 9.90. The summed E-state index contributed by atoms with van der Waals surface area (Å²) in [6, 6.07) is 2.16. The normalized spacial score (nSPS) is 23.8. The van der Waals surface area contributed by atoms with Gasteiger partial charge in [-0.25, -0.2) is 0 Å². The van der Waals surface area contributed by atoms with Crippen LogP contribution in [0.2, 0.25) is 0 Å². The molecule has 132 valence electrons. The summed E-state index contributed by atoms with van der Waals surface area (Å²) < 4.78 is 5.28. The Bertz CT molecular complexity index is 588. The molecule has 3 rings (SSSR count). The highest BCUT2D eigenvalue weighted by Crippen LogP contribution is 2.40. The summed E-state index contributed by atoms with van der Waals surface area (Å²) in [7, 11) is 1.83. The molecule has 2 fully saturated rings. The lowest BCUT2D eigenvalue weighted by molar-refractivity contribution is -0.121. The summed E-state index contributed by atoms with van der Waals surface area (Å²) in [5, 5.41) is 6.95. The van der Waals surface area contributed by atoms with Gasteiger partial charge in [-0.05, 0) is 38.5 Å². The molecule has 3 N–H and O–H groups in total. The first kappa shape index (κ1) is 17.0. The molecule has 0 saturated heterocycles. The molecular formula is C17H26N4O3. The second-order valence-electron chi connectivity index (χ2n) is 6.92. The van der Waals surface area contributed by atoms with E-state index in [0.717, 1.165) is 44.3 Å². The van der Waals surface area contributed by atoms with Crippen molar-refractivity contribution in [2.45, 2.75) is 62.9 Å². The molecular weight excluding hydrogens is 308 g/mol. The molecule has 2 saturated carbocycles. The number of carbonyl (C=O) groups is 2. The van der Waals surface area contributed by atoms with Crippen LogP contribution in [0.5, 0.6) is 0 Å². The van der Waals surface area contributed by atoms with Crippen molar-refractivity contribution in [2.24, 2.45) is 5.73 Å². The molecule has 7 nitrogen and oxygen atoms in total. The van der Waals surface area contributed by atoms with Crippen LogP contribution in [0, 0.1) is 0 Å². The Labute approximate surface area is 141 Å². The monoisotopic (exact) mass is 334 g/mol. The van der Waals surface area contributed by atoms with E-state index in [2.05, 4.69) is 10.5 Å². The SMILES string of the molecule is CN(C(=O)c1cc(C2CC2)on1)[C@H]1CC[C@H](NC(=O)CCN)CC1. The topological polar surface area (TPSA) is 101 Å². The number of hydrogen-bond acceptors (Lipinski definition) is 5. The summed E-state index contributed by atoms with van der Waals surface area (Å²) in [5.74, 6) is 1.22. The minimum atomic E-state index is -0.0822. The van der Waals surface area contributed by atoms with E-state index in [9.17, 15) is 9.59 Å². The minimum absolute atomic E-state index is 0.0144. The lowest BCUT2D eigenvalue weighted by Gasteiger charge is -2.34. The van der Waals surface area contributed by atoms with Gasteiger partial charge in [-0.2, -0.15) is 0 Å². The fourth-order valence-electron chi connectivity index (χ4n) is 3.34. The van der Waals surface area contributed by atoms with E-state index < -0.39 is 0 Å². The van der Waals surface area contributed by atoms with Crippen molar-refractivity contribution in [3.8, 4) is 0 Å². The van der Waals surface area contributed by atoms with E-state index in [4.69, 9.17) is 10.3 Å². The number of hydrogen-bond donors (Lipinski definition) is 2. The first-order valence-electron chi connectivity index (χ1n) is 8.81. The molecule has 24 heavy (non-hydrogen) atoms. The zero-order valence-corrected chi connectivity index (χ0v) is 14.2. The molecule has 0 radical (unpaired) electrons. The first-order valence-corrected chi connectivity index (χ1v) is 8.81. The Morgan fingerprint density at radius 1 is 1.29 bits per heavy atom. The highest BCUT2D eigenvalue weighted by molar-refractivity contribution is 5.92. The Hall–Kier alpha value is -1.89. The van der Waals surface area contributed by atoms with Gasteiger partial charge in [0, 0.05) is 44.1 Å². The van der Waals surface area contributed by atoms with E-state index in [1.54, 1.807) is 11.0 Å². The highest BCUT2D eigenvalue weighted by Gasteiger charge is 2.32. The van der Waals surface area contributed by atoms with Crippen LogP contribution in [0.25, 0.3) is 0 Å². The van der Waals surface area contributed by atoms with Gasteiger partial charge < -0.3 is 20.5 Å². The molecule has 2 amide bonds. The molecule has 1 heterocycles. The van der Waals surface area contributed by atoms with Crippen LogP contribution >= 0.6 is 0 Å². The second-order valence-corrected chi connectivity index (χ2v) is 6.92. The Morgan fingerprint density at radius 2 is 2.00 bits per heavy atom. The van der Waals surface area contributed by atoms with Crippen LogP contribution in [0.3, 0.4) is 0 Å². The third-order valence-corrected chi connectivity index (χ3v) is 5.03. The van der Waals surface area contributed by atoms with Crippen molar-refractivity contribution in [3.63, 3.8) is 0 Å². The summed E-state index contributed by atoms with van der Waals surface area (Å²) in [6.07, 6.45) is 6.13. The van der Waals surface area contributed by atoms with Crippen LogP contribution in [-0.2, 0) is 4.79 Å².